The van der Waals surface area contributed by atoms with Crippen LogP contribution in [0.15, 0.2) is 77.5 Å². The van der Waals surface area contributed by atoms with Crippen molar-refractivity contribution in [2.45, 2.75) is 26.3 Å². The van der Waals surface area contributed by atoms with Crippen LogP contribution in [0.25, 0.3) is 22.0 Å². The van der Waals surface area contributed by atoms with E-state index in [1.807, 2.05) is 61.0 Å². The number of aromatic nitrogens is 3. The molecular weight excluding hydrogens is 430 g/mol. The van der Waals surface area contributed by atoms with Gasteiger partial charge in [0.25, 0.3) is 5.91 Å². The number of carbonyl (C=O) groups excluding carboxylic acids is 2. The van der Waals surface area contributed by atoms with Crippen LogP contribution in [0.5, 0.6) is 0 Å². The molecular formula is C26H23N5O3. The van der Waals surface area contributed by atoms with E-state index in [0.717, 1.165) is 22.0 Å². The number of rotatable bonds is 6. The maximum absolute atomic E-state index is 12.5. The quantitative estimate of drug-likeness (QED) is 0.368. The predicted octanol–water partition coefficient (Wildman–Crippen LogP) is 5.19. The van der Waals surface area contributed by atoms with Gasteiger partial charge >= 0.3 is 0 Å². The van der Waals surface area contributed by atoms with Crippen LogP contribution in [0, 0.1) is 0 Å². The van der Waals surface area contributed by atoms with E-state index in [4.69, 9.17) is 4.42 Å². The van der Waals surface area contributed by atoms with Gasteiger partial charge in [0.15, 0.2) is 11.4 Å². The van der Waals surface area contributed by atoms with Crippen molar-refractivity contribution in [3.8, 4) is 0 Å². The minimum absolute atomic E-state index is 0.156. The Morgan fingerprint density at radius 3 is 2.50 bits per heavy atom. The second-order valence-electron chi connectivity index (χ2n) is 8.34. The summed E-state index contributed by atoms with van der Waals surface area (Å²) in [6.07, 6.45) is 3.58. The zero-order chi connectivity index (χ0) is 23.7. The molecule has 0 bridgehead atoms. The number of fused-ring (bicyclic) bond motifs is 2. The van der Waals surface area contributed by atoms with Gasteiger partial charge in [0.1, 0.15) is 5.58 Å². The van der Waals surface area contributed by atoms with E-state index in [2.05, 4.69) is 20.7 Å². The van der Waals surface area contributed by atoms with Crippen molar-refractivity contribution in [3.05, 3.63) is 84.4 Å². The van der Waals surface area contributed by atoms with Crippen LogP contribution in [0.1, 0.15) is 36.0 Å². The molecule has 0 aliphatic carbocycles. The minimum atomic E-state index is -0.328. The van der Waals surface area contributed by atoms with E-state index in [-0.39, 0.29) is 30.0 Å². The molecule has 8 nitrogen and oxygen atoms in total. The van der Waals surface area contributed by atoms with E-state index in [9.17, 15) is 9.59 Å². The summed E-state index contributed by atoms with van der Waals surface area (Å²) in [7, 11) is 0. The van der Waals surface area contributed by atoms with Crippen LogP contribution in [0.3, 0.4) is 0 Å². The SMILES string of the molecule is CC(C)n1ncc2cc(NC(=O)Cc3ccc(NC(=O)c4cc5ccccc5o4)cc3)cnc21. The number of anilines is 2. The summed E-state index contributed by atoms with van der Waals surface area (Å²) in [5.41, 5.74) is 3.51. The lowest BCUT2D eigenvalue weighted by atomic mass is 10.1. The average Bonchev–Trinajstić information content (AvgIpc) is 3.44. The van der Waals surface area contributed by atoms with Gasteiger partial charge in [0.05, 0.1) is 24.5 Å². The summed E-state index contributed by atoms with van der Waals surface area (Å²) >= 11 is 0. The minimum Gasteiger partial charge on any atom is -0.451 e. The van der Waals surface area contributed by atoms with Crippen molar-refractivity contribution in [2.75, 3.05) is 10.6 Å². The van der Waals surface area contributed by atoms with E-state index in [1.54, 1.807) is 30.6 Å². The van der Waals surface area contributed by atoms with Gasteiger partial charge < -0.3 is 15.1 Å². The lowest BCUT2D eigenvalue weighted by Crippen LogP contribution is -2.15. The molecule has 0 fully saturated rings. The number of carbonyl (C=O) groups is 2. The van der Waals surface area contributed by atoms with Crippen LogP contribution in [0.4, 0.5) is 11.4 Å². The highest BCUT2D eigenvalue weighted by Gasteiger charge is 2.13. The summed E-state index contributed by atoms with van der Waals surface area (Å²) in [6, 6.07) is 18.4. The first kappa shape index (κ1) is 21.4. The molecule has 170 valence electrons. The third-order valence-electron chi connectivity index (χ3n) is 5.43. The number of nitrogens with one attached hydrogen (secondary N) is 2. The molecule has 0 saturated carbocycles. The highest BCUT2D eigenvalue weighted by molar-refractivity contribution is 6.04. The predicted molar refractivity (Wildman–Crippen MR) is 131 cm³/mol. The Bertz CT molecular complexity index is 1470. The molecule has 34 heavy (non-hydrogen) atoms. The third kappa shape index (κ3) is 4.38. The average molecular weight is 454 g/mol. The van der Waals surface area contributed by atoms with Crippen molar-refractivity contribution in [3.63, 3.8) is 0 Å². The van der Waals surface area contributed by atoms with Crippen molar-refractivity contribution in [2.24, 2.45) is 0 Å². The summed E-state index contributed by atoms with van der Waals surface area (Å²) in [6.45, 7) is 4.08. The van der Waals surface area contributed by atoms with Gasteiger partial charge in [-0.2, -0.15) is 5.10 Å². The van der Waals surface area contributed by atoms with Crippen molar-refractivity contribution in [1.82, 2.24) is 14.8 Å². The molecule has 3 heterocycles. The maximum atomic E-state index is 12.5. The highest BCUT2D eigenvalue weighted by atomic mass is 16.3. The van der Waals surface area contributed by atoms with Crippen molar-refractivity contribution < 1.29 is 14.0 Å². The Kier molecular flexibility index (Phi) is 5.55. The summed E-state index contributed by atoms with van der Waals surface area (Å²) in [5, 5.41) is 11.8. The van der Waals surface area contributed by atoms with Crippen molar-refractivity contribution in [1.29, 1.82) is 0 Å². The number of hydrogen-bond donors (Lipinski definition) is 2. The molecule has 5 aromatic rings. The van der Waals surface area contributed by atoms with Crippen molar-refractivity contribution >= 4 is 45.2 Å². The number of pyridine rings is 1. The Morgan fingerprint density at radius 1 is 0.941 bits per heavy atom. The highest BCUT2D eigenvalue weighted by Crippen LogP contribution is 2.21. The van der Waals surface area contributed by atoms with Gasteiger partial charge in [-0.1, -0.05) is 30.3 Å². The van der Waals surface area contributed by atoms with Crippen LogP contribution in [-0.2, 0) is 11.2 Å². The topological polar surface area (TPSA) is 102 Å². The van der Waals surface area contributed by atoms with Crippen LogP contribution in [0.2, 0.25) is 0 Å². The first-order valence-corrected chi connectivity index (χ1v) is 11.0. The molecule has 8 heteroatoms. The maximum Gasteiger partial charge on any atom is 0.291 e. The number of nitrogens with zero attached hydrogens (tertiary/aromatic N) is 3. The summed E-state index contributed by atoms with van der Waals surface area (Å²) in [4.78, 5) is 29.5. The molecule has 5 rings (SSSR count). The van der Waals surface area contributed by atoms with E-state index in [1.165, 1.54) is 0 Å². The number of para-hydroxylation sites is 1. The lowest BCUT2D eigenvalue weighted by molar-refractivity contribution is -0.115. The Labute approximate surface area is 195 Å². The van der Waals surface area contributed by atoms with E-state index in [0.29, 0.717) is 17.0 Å². The van der Waals surface area contributed by atoms with Gasteiger partial charge in [-0.15, -0.1) is 0 Å². The lowest BCUT2D eigenvalue weighted by Gasteiger charge is -2.08. The second-order valence-corrected chi connectivity index (χ2v) is 8.34. The van der Waals surface area contributed by atoms with Crippen LogP contribution in [-0.4, -0.2) is 26.6 Å². The fourth-order valence-electron chi connectivity index (χ4n) is 3.77. The van der Waals surface area contributed by atoms with E-state index >= 15 is 0 Å². The van der Waals surface area contributed by atoms with Gasteiger partial charge in [0.2, 0.25) is 5.91 Å². The van der Waals surface area contributed by atoms with E-state index < -0.39 is 0 Å². The molecule has 0 unspecified atom stereocenters. The molecule has 0 aliphatic heterocycles. The molecule has 2 amide bonds. The Hall–Kier alpha value is -4.46. The molecule has 0 aliphatic rings. The first-order valence-electron chi connectivity index (χ1n) is 11.0. The molecule has 0 spiro atoms. The second kappa shape index (κ2) is 8.82. The fraction of sp³-hybridized carbons (Fsp3) is 0.154. The van der Waals surface area contributed by atoms with Gasteiger partial charge in [-0.3, -0.25) is 9.59 Å². The van der Waals surface area contributed by atoms with Gasteiger partial charge in [-0.05, 0) is 49.7 Å². The molecule has 2 N–H and O–H groups in total. The van der Waals surface area contributed by atoms with Gasteiger partial charge in [0, 0.05) is 22.5 Å². The van der Waals surface area contributed by atoms with Crippen LogP contribution >= 0.6 is 0 Å². The number of benzene rings is 2. The normalized spacial score (nSPS) is 11.3. The Morgan fingerprint density at radius 2 is 1.74 bits per heavy atom. The zero-order valence-corrected chi connectivity index (χ0v) is 18.8. The molecule has 0 radical (unpaired) electrons. The Balaban J connectivity index is 1.20. The number of amides is 2. The smallest absolute Gasteiger partial charge is 0.291 e. The summed E-state index contributed by atoms with van der Waals surface area (Å²) < 4.78 is 7.44. The van der Waals surface area contributed by atoms with Crippen LogP contribution < -0.4 is 10.6 Å². The third-order valence-corrected chi connectivity index (χ3v) is 5.43. The monoisotopic (exact) mass is 453 g/mol. The fourth-order valence-corrected chi connectivity index (χ4v) is 3.77. The number of hydrogen-bond acceptors (Lipinski definition) is 5. The molecule has 3 aromatic heterocycles. The molecule has 0 atom stereocenters. The number of furan rings is 1. The van der Waals surface area contributed by atoms with Gasteiger partial charge in [-0.25, -0.2) is 9.67 Å². The largest absolute Gasteiger partial charge is 0.451 e. The molecule has 0 saturated heterocycles. The summed E-state index contributed by atoms with van der Waals surface area (Å²) in [5.74, 6) is -0.240. The zero-order valence-electron chi connectivity index (χ0n) is 18.8. The standard InChI is InChI=1S/C26H23N5O3/c1-16(2)31-25-19(14-28-31)12-21(15-27-25)29-24(32)11-17-7-9-20(10-8-17)30-26(33)23-13-18-5-3-4-6-22(18)34-23/h3-10,12-16H,11H2,1-2H3,(H,29,32)(H,30,33). The molecule has 2 aromatic carbocycles. The first-order chi connectivity index (χ1) is 16.5.